The molecule has 0 spiro atoms. The van der Waals surface area contributed by atoms with Crippen LogP contribution in [0.5, 0.6) is 0 Å². The van der Waals surface area contributed by atoms with Crippen molar-refractivity contribution in [3.63, 3.8) is 0 Å². The van der Waals surface area contributed by atoms with E-state index in [1.807, 2.05) is 0 Å². The predicted molar refractivity (Wildman–Crippen MR) is 85.6 cm³/mol. The van der Waals surface area contributed by atoms with Crippen LogP contribution in [-0.4, -0.2) is 5.38 Å². The summed E-state index contributed by atoms with van der Waals surface area (Å²) < 4.78 is 0. The molecule has 1 heteroatoms. The van der Waals surface area contributed by atoms with Gasteiger partial charge in [0.15, 0.2) is 0 Å². The van der Waals surface area contributed by atoms with Crippen molar-refractivity contribution < 1.29 is 0 Å². The molecular formula is C17H35Cl. The summed E-state index contributed by atoms with van der Waals surface area (Å²) >= 11 is 6.34. The second-order valence-corrected chi connectivity index (χ2v) is 6.43. The molecule has 0 aromatic heterocycles. The molecule has 0 saturated carbocycles. The molecule has 110 valence electrons. The van der Waals surface area contributed by atoms with Crippen molar-refractivity contribution in [2.24, 2.45) is 5.92 Å². The van der Waals surface area contributed by atoms with E-state index in [2.05, 4.69) is 20.8 Å². The smallest absolute Gasteiger partial charge is 0.0361 e. The fraction of sp³-hybridized carbons (Fsp3) is 1.00. The summed E-state index contributed by atoms with van der Waals surface area (Å²) in [4.78, 5) is 0. The molecule has 0 radical (unpaired) electrons. The van der Waals surface area contributed by atoms with Crippen LogP contribution in [0, 0.1) is 5.92 Å². The molecular weight excluding hydrogens is 240 g/mol. The number of unbranched alkanes of at least 4 members (excludes halogenated alkanes) is 9. The van der Waals surface area contributed by atoms with Crippen LogP contribution in [0.15, 0.2) is 0 Å². The van der Waals surface area contributed by atoms with Crippen LogP contribution in [0.25, 0.3) is 0 Å². The lowest BCUT2D eigenvalue weighted by atomic mass is 9.99. The number of halogens is 1. The van der Waals surface area contributed by atoms with Gasteiger partial charge in [0.1, 0.15) is 0 Å². The highest BCUT2D eigenvalue weighted by molar-refractivity contribution is 6.20. The van der Waals surface area contributed by atoms with Crippen LogP contribution in [0.3, 0.4) is 0 Å². The van der Waals surface area contributed by atoms with Crippen molar-refractivity contribution in [1.29, 1.82) is 0 Å². The lowest BCUT2D eigenvalue weighted by molar-refractivity contribution is 0.476. The van der Waals surface area contributed by atoms with Gasteiger partial charge in [0.2, 0.25) is 0 Å². The molecule has 0 nitrogen and oxygen atoms in total. The Labute approximate surface area is 121 Å². The highest BCUT2D eigenvalue weighted by Crippen LogP contribution is 2.20. The average Bonchev–Trinajstić information content (AvgIpc) is 2.39. The summed E-state index contributed by atoms with van der Waals surface area (Å²) in [6.07, 6.45) is 16.6. The summed E-state index contributed by atoms with van der Waals surface area (Å²) in [6.45, 7) is 6.79. The summed E-state index contributed by atoms with van der Waals surface area (Å²) in [5.41, 5.74) is 0. The molecule has 0 aliphatic carbocycles. The van der Waals surface area contributed by atoms with Crippen molar-refractivity contribution in [2.75, 3.05) is 0 Å². The van der Waals surface area contributed by atoms with Gasteiger partial charge in [-0.2, -0.15) is 0 Å². The molecule has 0 aromatic rings. The van der Waals surface area contributed by atoms with E-state index in [9.17, 15) is 0 Å². The first-order chi connectivity index (χ1) is 8.72. The monoisotopic (exact) mass is 274 g/mol. The van der Waals surface area contributed by atoms with E-state index in [1.165, 1.54) is 77.0 Å². The number of hydrogen-bond donors (Lipinski definition) is 0. The van der Waals surface area contributed by atoms with E-state index in [0.29, 0.717) is 11.3 Å². The quantitative estimate of drug-likeness (QED) is 0.252. The Balaban J connectivity index is 3.11. The Morgan fingerprint density at radius 2 is 1.17 bits per heavy atom. The van der Waals surface area contributed by atoms with Gasteiger partial charge in [0.25, 0.3) is 0 Å². The van der Waals surface area contributed by atoms with E-state index in [4.69, 9.17) is 11.6 Å². The molecule has 2 atom stereocenters. The van der Waals surface area contributed by atoms with Gasteiger partial charge in [-0.3, -0.25) is 0 Å². The maximum absolute atomic E-state index is 6.34. The molecule has 2 unspecified atom stereocenters. The first-order valence-electron chi connectivity index (χ1n) is 8.36. The number of alkyl halides is 1. The number of rotatable bonds is 13. The zero-order chi connectivity index (χ0) is 13.6. The van der Waals surface area contributed by atoms with Gasteiger partial charge in [0.05, 0.1) is 0 Å². The van der Waals surface area contributed by atoms with Crippen LogP contribution < -0.4 is 0 Å². The zero-order valence-electron chi connectivity index (χ0n) is 13.0. The standard InChI is InChI=1S/C17H35Cl/c1-4-6-7-8-9-10-11-12-13-14-15-17(18)16(3)5-2/h16-17H,4-15H2,1-3H3. The summed E-state index contributed by atoms with van der Waals surface area (Å²) in [5, 5.41) is 0.407. The predicted octanol–water partition coefficient (Wildman–Crippen LogP) is 6.95. The van der Waals surface area contributed by atoms with Crippen LogP contribution in [0.1, 0.15) is 97.8 Å². The van der Waals surface area contributed by atoms with E-state index in [1.54, 1.807) is 0 Å². The molecule has 0 rings (SSSR count). The van der Waals surface area contributed by atoms with Crippen LogP contribution in [0.4, 0.5) is 0 Å². The van der Waals surface area contributed by atoms with Crippen molar-refractivity contribution in [2.45, 2.75) is 103 Å². The fourth-order valence-corrected chi connectivity index (χ4v) is 2.70. The third kappa shape index (κ3) is 11.4. The fourth-order valence-electron chi connectivity index (χ4n) is 2.37. The Morgan fingerprint density at radius 3 is 1.61 bits per heavy atom. The molecule has 0 aliphatic heterocycles. The van der Waals surface area contributed by atoms with Gasteiger partial charge in [0, 0.05) is 5.38 Å². The van der Waals surface area contributed by atoms with Crippen molar-refractivity contribution in [3.05, 3.63) is 0 Å². The first-order valence-corrected chi connectivity index (χ1v) is 8.80. The Hall–Kier alpha value is 0.290. The maximum atomic E-state index is 6.34. The lowest BCUT2D eigenvalue weighted by Gasteiger charge is -2.15. The van der Waals surface area contributed by atoms with Gasteiger partial charge in [-0.05, 0) is 12.3 Å². The third-order valence-electron chi connectivity index (χ3n) is 4.09. The van der Waals surface area contributed by atoms with E-state index >= 15 is 0 Å². The van der Waals surface area contributed by atoms with Crippen molar-refractivity contribution in [1.82, 2.24) is 0 Å². The molecule has 0 saturated heterocycles. The number of hydrogen-bond acceptors (Lipinski definition) is 0. The average molecular weight is 275 g/mol. The Bertz CT molecular complexity index is 156. The van der Waals surface area contributed by atoms with Gasteiger partial charge < -0.3 is 0 Å². The molecule has 0 fully saturated rings. The lowest BCUT2D eigenvalue weighted by Crippen LogP contribution is -2.09. The summed E-state index contributed by atoms with van der Waals surface area (Å²) in [5.74, 6) is 0.685. The normalized spacial score (nSPS) is 14.7. The first kappa shape index (κ1) is 18.3. The van der Waals surface area contributed by atoms with E-state index in [0.717, 1.165) is 0 Å². The van der Waals surface area contributed by atoms with Gasteiger partial charge >= 0.3 is 0 Å². The second kappa shape index (κ2) is 13.7. The SMILES string of the molecule is CCCCCCCCCCCCC(Cl)C(C)CC. The van der Waals surface area contributed by atoms with Crippen molar-refractivity contribution in [3.8, 4) is 0 Å². The second-order valence-electron chi connectivity index (χ2n) is 5.87. The van der Waals surface area contributed by atoms with Crippen LogP contribution >= 0.6 is 11.6 Å². The summed E-state index contributed by atoms with van der Waals surface area (Å²) in [6, 6.07) is 0. The minimum Gasteiger partial charge on any atom is -0.123 e. The van der Waals surface area contributed by atoms with Crippen LogP contribution in [-0.2, 0) is 0 Å². The molecule has 0 aliphatic rings. The zero-order valence-corrected chi connectivity index (χ0v) is 13.8. The van der Waals surface area contributed by atoms with Crippen molar-refractivity contribution >= 4 is 11.6 Å². The Kier molecular flexibility index (Phi) is 13.9. The highest BCUT2D eigenvalue weighted by atomic mass is 35.5. The molecule has 0 aromatic carbocycles. The van der Waals surface area contributed by atoms with E-state index < -0.39 is 0 Å². The molecule has 0 amide bonds. The van der Waals surface area contributed by atoms with Gasteiger partial charge in [-0.1, -0.05) is 91.4 Å². The topological polar surface area (TPSA) is 0 Å². The highest BCUT2D eigenvalue weighted by Gasteiger charge is 2.11. The molecule has 0 N–H and O–H groups in total. The third-order valence-corrected chi connectivity index (χ3v) is 4.74. The molecule has 18 heavy (non-hydrogen) atoms. The van der Waals surface area contributed by atoms with Gasteiger partial charge in [-0.15, -0.1) is 11.6 Å². The van der Waals surface area contributed by atoms with Crippen LogP contribution in [0.2, 0.25) is 0 Å². The Morgan fingerprint density at radius 1 is 0.722 bits per heavy atom. The minimum atomic E-state index is 0.407. The molecule has 0 heterocycles. The summed E-state index contributed by atoms with van der Waals surface area (Å²) in [7, 11) is 0. The minimum absolute atomic E-state index is 0.407. The van der Waals surface area contributed by atoms with E-state index in [-0.39, 0.29) is 0 Å². The maximum Gasteiger partial charge on any atom is 0.0361 e. The largest absolute Gasteiger partial charge is 0.123 e. The van der Waals surface area contributed by atoms with Gasteiger partial charge in [-0.25, -0.2) is 0 Å². The molecule has 0 bridgehead atoms.